The molecule has 0 bridgehead atoms. The molecule has 27 heavy (non-hydrogen) atoms. The molecule has 0 radical (unpaired) electrons. The van der Waals surface area contributed by atoms with Crippen molar-refractivity contribution in [3.05, 3.63) is 77.9 Å². The second kappa shape index (κ2) is 10.6. The molecule has 2 nitrogen and oxygen atoms in total. The van der Waals surface area contributed by atoms with Gasteiger partial charge in [0.2, 0.25) is 0 Å². The largest absolute Gasteiger partial charge is 0.363 e. The summed E-state index contributed by atoms with van der Waals surface area (Å²) in [5.74, 6) is 0.644. The molecular formula is C25H36N2. The molecule has 1 aromatic rings. The standard InChI is InChI=1S/C23H30N2.C2H6/c1-8-16(3)10-11-17(4)22-15-20(9-2)23(25(22)7)14-18(5)24-19(6)21-12-13-21;1-2/h8-11,14-15,21,24H,2,4,6,12-13H2,1,3,5,7H3;1-2H3/b11-10-,16-8-,18-14+;. The second-order valence-electron chi connectivity index (χ2n) is 6.78. The van der Waals surface area contributed by atoms with Crippen LogP contribution in [0.1, 0.15) is 64.4 Å². The van der Waals surface area contributed by atoms with Crippen molar-refractivity contribution < 1.29 is 0 Å². The third kappa shape index (κ3) is 6.32. The Bertz CT molecular complexity index is 777. The predicted molar refractivity (Wildman–Crippen MR) is 123 cm³/mol. The van der Waals surface area contributed by atoms with Gasteiger partial charge in [-0.05, 0) is 62.8 Å². The smallest absolute Gasteiger partial charge is 0.0499 e. The van der Waals surface area contributed by atoms with E-state index in [9.17, 15) is 0 Å². The molecule has 1 heterocycles. The fourth-order valence-electron chi connectivity index (χ4n) is 2.74. The average Bonchev–Trinajstić information content (AvgIpc) is 3.47. The molecule has 1 aliphatic carbocycles. The van der Waals surface area contributed by atoms with Crippen molar-refractivity contribution in [2.24, 2.45) is 13.0 Å². The van der Waals surface area contributed by atoms with Gasteiger partial charge in [-0.2, -0.15) is 0 Å². The number of allylic oxidation sites excluding steroid dienone is 7. The van der Waals surface area contributed by atoms with Gasteiger partial charge in [0, 0.05) is 29.8 Å². The molecule has 0 spiro atoms. The van der Waals surface area contributed by atoms with Gasteiger partial charge in [-0.1, -0.05) is 63.5 Å². The van der Waals surface area contributed by atoms with Crippen LogP contribution in [-0.4, -0.2) is 4.57 Å². The van der Waals surface area contributed by atoms with E-state index in [1.54, 1.807) is 0 Å². The van der Waals surface area contributed by atoms with Crippen LogP contribution in [0.5, 0.6) is 0 Å². The molecule has 0 aromatic carbocycles. The van der Waals surface area contributed by atoms with Gasteiger partial charge in [0.05, 0.1) is 0 Å². The van der Waals surface area contributed by atoms with E-state index in [-0.39, 0.29) is 0 Å². The molecule has 1 aromatic heterocycles. The molecule has 1 fully saturated rings. The zero-order valence-electron chi connectivity index (χ0n) is 18.0. The van der Waals surface area contributed by atoms with Crippen molar-refractivity contribution in [3.8, 4) is 0 Å². The molecule has 0 amide bonds. The highest BCUT2D eigenvalue weighted by Gasteiger charge is 2.24. The molecule has 1 saturated carbocycles. The van der Waals surface area contributed by atoms with Crippen LogP contribution in [0.15, 0.2) is 61.0 Å². The molecule has 0 unspecified atom stereocenters. The minimum absolute atomic E-state index is 0.644. The lowest BCUT2D eigenvalue weighted by Crippen LogP contribution is -2.11. The minimum atomic E-state index is 0.644. The van der Waals surface area contributed by atoms with Crippen molar-refractivity contribution in [2.45, 2.75) is 47.5 Å². The van der Waals surface area contributed by atoms with Gasteiger partial charge in [0.1, 0.15) is 0 Å². The van der Waals surface area contributed by atoms with Crippen LogP contribution in [0.4, 0.5) is 0 Å². The number of nitrogens with zero attached hydrogens (tertiary/aromatic N) is 1. The maximum Gasteiger partial charge on any atom is 0.0499 e. The van der Waals surface area contributed by atoms with E-state index in [0.717, 1.165) is 33.9 Å². The van der Waals surface area contributed by atoms with Crippen LogP contribution in [0.2, 0.25) is 0 Å². The summed E-state index contributed by atoms with van der Waals surface area (Å²) in [5.41, 5.74) is 7.74. The first kappa shape index (κ1) is 22.6. The van der Waals surface area contributed by atoms with E-state index in [4.69, 9.17) is 0 Å². The third-order valence-corrected chi connectivity index (χ3v) is 4.64. The van der Waals surface area contributed by atoms with Gasteiger partial charge in [-0.3, -0.25) is 0 Å². The summed E-state index contributed by atoms with van der Waals surface area (Å²) in [4.78, 5) is 0. The monoisotopic (exact) mass is 364 g/mol. The molecule has 1 aliphatic rings. The molecule has 1 N–H and O–H groups in total. The fraction of sp³-hybridized carbons (Fsp3) is 0.360. The zero-order chi connectivity index (χ0) is 20.6. The molecule has 0 aliphatic heterocycles. The Morgan fingerprint density at radius 3 is 2.33 bits per heavy atom. The Labute approximate surface area is 166 Å². The maximum atomic E-state index is 4.22. The number of hydrogen-bond donors (Lipinski definition) is 1. The quantitative estimate of drug-likeness (QED) is 0.487. The summed E-state index contributed by atoms with van der Waals surface area (Å²) in [6.45, 7) is 22.5. The highest BCUT2D eigenvalue weighted by molar-refractivity contribution is 5.76. The van der Waals surface area contributed by atoms with Gasteiger partial charge in [-0.25, -0.2) is 0 Å². The highest BCUT2D eigenvalue weighted by atomic mass is 15.0. The Kier molecular flexibility index (Phi) is 8.87. The van der Waals surface area contributed by atoms with E-state index in [2.05, 4.69) is 80.9 Å². The lowest BCUT2D eigenvalue weighted by molar-refractivity contribution is 0.847. The third-order valence-electron chi connectivity index (χ3n) is 4.64. The number of nitrogens with one attached hydrogen (secondary N) is 1. The van der Waals surface area contributed by atoms with Gasteiger partial charge in [0.25, 0.3) is 0 Å². The van der Waals surface area contributed by atoms with Crippen LogP contribution < -0.4 is 5.32 Å². The zero-order valence-corrected chi connectivity index (χ0v) is 18.0. The van der Waals surface area contributed by atoms with Gasteiger partial charge < -0.3 is 9.88 Å². The minimum Gasteiger partial charge on any atom is -0.363 e. The summed E-state index contributed by atoms with van der Waals surface area (Å²) in [7, 11) is 2.07. The normalized spacial score (nSPS) is 14.6. The lowest BCUT2D eigenvalue weighted by atomic mass is 10.1. The van der Waals surface area contributed by atoms with E-state index in [1.165, 1.54) is 18.4 Å². The van der Waals surface area contributed by atoms with E-state index in [0.29, 0.717) is 5.92 Å². The maximum absolute atomic E-state index is 4.22. The summed E-state index contributed by atoms with van der Waals surface area (Å²) in [6.07, 6.45) is 12.8. The number of aromatic nitrogens is 1. The van der Waals surface area contributed by atoms with Crippen LogP contribution >= 0.6 is 0 Å². The Morgan fingerprint density at radius 1 is 1.19 bits per heavy atom. The molecular weight excluding hydrogens is 328 g/mol. The fourth-order valence-corrected chi connectivity index (χ4v) is 2.74. The highest BCUT2D eigenvalue weighted by Crippen LogP contribution is 2.34. The first-order chi connectivity index (χ1) is 12.9. The SMILES string of the molecule is C=Cc1cc(C(=C)/C=C\C(C)=C/C)n(C)c1/C=C(\C)NC(=C)C1CC1.CC. The van der Waals surface area contributed by atoms with Crippen LogP contribution in [-0.2, 0) is 7.05 Å². The van der Waals surface area contributed by atoms with Crippen LogP contribution in [0, 0.1) is 5.92 Å². The van der Waals surface area contributed by atoms with Gasteiger partial charge in [-0.15, -0.1) is 0 Å². The first-order valence-electron chi connectivity index (χ1n) is 9.84. The number of hydrogen-bond acceptors (Lipinski definition) is 1. The predicted octanol–water partition coefficient (Wildman–Crippen LogP) is 7.10. The summed E-state index contributed by atoms with van der Waals surface area (Å²) < 4.78 is 2.17. The summed E-state index contributed by atoms with van der Waals surface area (Å²) in [5, 5.41) is 3.43. The topological polar surface area (TPSA) is 17.0 Å². The summed E-state index contributed by atoms with van der Waals surface area (Å²) >= 11 is 0. The van der Waals surface area contributed by atoms with Crippen LogP contribution in [0.25, 0.3) is 17.7 Å². The molecule has 0 saturated heterocycles. The number of rotatable bonds is 8. The lowest BCUT2D eigenvalue weighted by Gasteiger charge is -2.10. The van der Waals surface area contributed by atoms with Crippen molar-refractivity contribution >= 4 is 17.7 Å². The van der Waals surface area contributed by atoms with Crippen molar-refractivity contribution in [2.75, 3.05) is 0 Å². The molecule has 2 heteroatoms. The van der Waals surface area contributed by atoms with E-state index >= 15 is 0 Å². The van der Waals surface area contributed by atoms with Crippen LogP contribution in [0.3, 0.4) is 0 Å². The van der Waals surface area contributed by atoms with E-state index in [1.807, 2.05) is 26.8 Å². The van der Waals surface area contributed by atoms with Gasteiger partial charge >= 0.3 is 0 Å². The molecule has 0 atom stereocenters. The molecule has 2 rings (SSSR count). The summed E-state index contributed by atoms with van der Waals surface area (Å²) in [6, 6.07) is 2.14. The second-order valence-corrected chi connectivity index (χ2v) is 6.78. The van der Waals surface area contributed by atoms with Crippen molar-refractivity contribution in [3.63, 3.8) is 0 Å². The van der Waals surface area contributed by atoms with Crippen molar-refractivity contribution in [1.29, 1.82) is 0 Å². The Balaban J connectivity index is 0.00000176. The molecule has 146 valence electrons. The van der Waals surface area contributed by atoms with E-state index < -0.39 is 0 Å². The Morgan fingerprint density at radius 2 is 1.81 bits per heavy atom. The van der Waals surface area contributed by atoms with Gasteiger partial charge in [0.15, 0.2) is 0 Å². The Hall–Kier alpha value is -2.48. The van der Waals surface area contributed by atoms with Crippen molar-refractivity contribution in [1.82, 2.24) is 9.88 Å². The average molecular weight is 365 g/mol. The first-order valence-corrected chi connectivity index (χ1v) is 9.84.